The summed E-state index contributed by atoms with van der Waals surface area (Å²) in [6.45, 7) is 6.81. The lowest BCUT2D eigenvalue weighted by Crippen LogP contribution is -2.15. The average Bonchev–Trinajstić information content (AvgIpc) is 3.82. The molecule has 0 aliphatic carbocycles. The van der Waals surface area contributed by atoms with Crippen LogP contribution >= 0.6 is 11.3 Å². The van der Waals surface area contributed by atoms with Gasteiger partial charge in [-0.3, -0.25) is 0 Å². The van der Waals surface area contributed by atoms with Crippen molar-refractivity contribution in [2.24, 2.45) is 0 Å². The maximum atomic E-state index is 9.86. The third kappa shape index (κ3) is 5.85. The van der Waals surface area contributed by atoms with Gasteiger partial charge in [0.1, 0.15) is 11.2 Å². The van der Waals surface area contributed by atoms with E-state index in [0.29, 0.717) is 5.56 Å². The van der Waals surface area contributed by atoms with Gasteiger partial charge >= 0.3 is 0 Å². The van der Waals surface area contributed by atoms with Crippen molar-refractivity contribution >= 4 is 92.1 Å². The summed E-state index contributed by atoms with van der Waals surface area (Å²) in [5, 5.41) is 19.0. The third-order valence-electron chi connectivity index (χ3n) is 11.8. The van der Waals surface area contributed by atoms with Gasteiger partial charge in [-0.2, -0.15) is 5.26 Å². The second kappa shape index (κ2) is 13.5. The fourth-order valence-electron chi connectivity index (χ4n) is 8.85. The van der Waals surface area contributed by atoms with Crippen LogP contribution in [0.25, 0.3) is 85.9 Å². The zero-order valence-electron chi connectivity index (χ0n) is 33.0. The van der Waals surface area contributed by atoms with Gasteiger partial charge in [-0.1, -0.05) is 118 Å². The molecule has 0 saturated carbocycles. The van der Waals surface area contributed by atoms with Crippen LogP contribution < -0.4 is 4.90 Å². The van der Waals surface area contributed by atoms with Crippen molar-refractivity contribution in [3.05, 3.63) is 187 Å². The number of benzene rings is 9. The van der Waals surface area contributed by atoms with Crippen LogP contribution in [0.4, 0.5) is 17.1 Å². The minimum atomic E-state index is -0.0614. The van der Waals surface area contributed by atoms with E-state index < -0.39 is 0 Å². The second-order valence-electron chi connectivity index (χ2n) is 16.5. The summed E-state index contributed by atoms with van der Waals surface area (Å²) in [7, 11) is 0. The van der Waals surface area contributed by atoms with E-state index >= 15 is 0 Å². The predicted molar refractivity (Wildman–Crippen MR) is 251 cm³/mol. The number of hydrogen-bond donors (Lipinski definition) is 0. The molecule has 3 nitrogen and oxygen atoms in total. The molecule has 9 aromatic carbocycles. The molecule has 280 valence electrons. The molecule has 0 atom stereocenters. The Balaban J connectivity index is 1.24. The van der Waals surface area contributed by atoms with Crippen LogP contribution in [0.5, 0.6) is 0 Å². The maximum Gasteiger partial charge on any atom is 0.136 e. The number of furan rings is 1. The Bertz CT molecular complexity index is 3520. The molecule has 0 bridgehead atoms. The van der Waals surface area contributed by atoms with Crippen molar-refractivity contribution in [1.29, 1.82) is 5.26 Å². The van der Waals surface area contributed by atoms with Gasteiger partial charge in [-0.15, -0.1) is 11.3 Å². The summed E-state index contributed by atoms with van der Waals surface area (Å²) >= 11 is 1.77. The number of fused-ring (bicyclic) bond motifs is 8. The Hall–Kier alpha value is -7.19. The molecule has 0 fully saturated rings. The molecule has 4 heteroatoms. The summed E-state index contributed by atoms with van der Waals surface area (Å²) in [4.78, 5) is 2.43. The van der Waals surface area contributed by atoms with Gasteiger partial charge < -0.3 is 9.32 Å². The van der Waals surface area contributed by atoms with Gasteiger partial charge in [0, 0.05) is 47.9 Å². The quantitative estimate of drug-likeness (QED) is 0.175. The van der Waals surface area contributed by atoms with Gasteiger partial charge in [0.2, 0.25) is 0 Å². The molecule has 59 heavy (non-hydrogen) atoms. The number of thiophene rings is 1. The topological polar surface area (TPSA) is 40.2 Å². The first-order valence-electron chi connectivity index (χ1n) is 20.0. The Morgan fingerprint density at radius 2 is 1.20 bits per heavy atom. The summed E-state index contributed by atoms with van der Waals surface area (Å²) < 4.78 is 9.00. The number of hydrogen-bond acceptors (Lipinski definition) is 4. The van der Waals surface area contributed by atoms with Crippen molar-refractivity contribution < 1.29 is 4.42 Å². The third-order valence-corrected chi connectivity index (χ3v) is 12.9. The molecule has 0 N–H and O–H groups in total. The minimum absolute atomic E-state index is 0.0614. The van der Waals surface area contributed by atoms with Crippen LogP contribution in [0.3, 0.4) is 0 Å². The zero-order chi connectivity index (χ0) is 39.8. The zero-order valence-corrected chi connectivity index (χ0v) is 33.8. The molecule has 2 aromatic heterocycles. The molecule has 0 amide bonds. The fourth-order valence-corrected chi connectivity index (χ4v) is 9.91. The molecule has 0 saturated heterocycles. The van der Waals surface area contributed by atoms with E-state index in [1.165, 1.54) is 31.1 Å². The molecular formula is C55H38N2OS. The molecule has 0 radical (unpaired) electrons. The van der Waals surface area contributed by atoms with E-state index in [2.05, 4.69) is 196 Å². The first-order valence-corrected chi connectivity index (χ1v) is 20.9. The van der Waals surface area contributed by atoms with E-state index in [1.54, 1.807) is 11.3 Å². The molecule has 0 unspecified atom stereocenters. The van der Waals surface area contributed by atoms with Crippen molar-refractivity contribution in [3.8, 4) is 28.3 Å². The fraction of sp³-hybridized carbons (Fsp3) is 0.0727. The van der Waals surface area contributed by atoms with E-state index in [0.717, 1.165) is 77.4 Å². The standard InChI is InChI=1S/C55H38N2OS/c1-55(2,3)40-15-8-16-41(31-40)57(42-24-26-52-46(32-42)45-27-34(33-56)21-25-51(45)59-52)48-19-9-17-43(53(48)39-23-22-35-11-4-5-12-36(35)28-39)44-18-10-20-49-54(44)47-29-37-13-6-7-14-38(37)30-50(47)58-49/h4-32H,1-3H3. The molecule has 2 heterocycles. The molecular weight excluding hydrogens is 737 g/mol. The van der Waals surface area contributed by atoms with Crippen LogP contribution in [0.1, 0.15) is 31.9 Å². The lowest BCUT2D eigenvalue weighted by Gasteiger charge is -2.31. The highest BCUT2D eigenvalue weighted by Crippen LogP contribution is 2.50. The van der Waals surface area contributed by atoms with Gasteiger partial charge in [0.25, 0.3) is 0 Å². The number of anilines is 3. The highest BCUT2D eigenvalue weighted by Gasteiger charge is 2.25. The van der Waals surface area contributed by atoms with Crippen LogP contribution in [0, 0.1) is 11.3 Å². The average molecular weight is 775 g/mol. The number of nitriles is 1. The van der Waals surface area contributed by atoms with Crippen LogP contribution in [-0.2, 0) is 5.41 Å². The van der Waals surface area contributed by atoms with E-state index in [1.807, 2.05) is 12.1 Å². The first-order chi connectivity index (χ1) is 28.8. The summed E-state index contributed by atoms with van der Waals surface area (Å²) in [5.74, 6) is 0. The molecule has 0 aliphatic rings. The predicted octanol–water partition coefficient (Wildman–Crippen LogP) is 16.2. The van der Waals surface area contributed by atoms with Crippen LogP contribution in [0.2, 0.25) is 0 Å². The lowest BCUT2D eigenvalue weighted by atomic mass is 9.86. The Morgan fingerprint density at radius 3 is 2.00 bits per heavy atom. The SMILES string of the molecule is CC(C)(C)c1cccc(N(c2ccc3sc4ccc(C#N)cc4c3c2)c2cccc(-c3cccc4oc5cc6ccccc6cc5c34)c2-c2ccc3ccccc3c2)c1. The summed E-state index contributed by atoms with van der Waals surface area (Å²) in [5.41, 5.74) is 11.3. The van der Waals surface area contributed by atoms with Crippen LogP contribution in [0.15, 0.2) is 180 Å². The molecule has 11 aromatic rings. The highest BCUT2D eigenvalue weighted by molar-refractivity contribution is 7.25. The minimum Gasteiger partial charge on any atom is -0.456 e. The largest absolute Gasteiger partial charge is 0.456 e. The second-order valence-corrected chi connectivity index (χ2v) is 17.6. The molecule has 0 spiro atoms. The van der Waals surface area contributed by atoms with Gasteiger partial charge in [-0.25, -0.2) is 0 Å². The highest BCUT2D eigenvalue weighted by atomic mass is 32.1. The van der Waals surface area contributed by atoms with Gasteiger partial charge in [0.15, 0.2) is 0 Å². The Labute approximate surface area is 346 Å². The smallest absolute Gasteiger partial charge is 0.136 e. The maximum absolute atomic E-state index is 9.86. The van der Waals surface area contributed by atoms with Crippen molar-refractivity contribution in [2.45, 2.75) is 26.2 Å². The first kappa shape index (κ1) is 35.0. The molecule has 11 rings (SSSR count). The number of nitrogens with zero attached hydrogens (tertiary/aromatic N) is 2. The van der Waals surface area contributed by atoms with Gasteiger partial charge in [0.05, 0.1) is 17.3 Å². The number of rotatable bonds is 5. The molecule has 0 aliphatic heterocycles. The van der Waals surface area contributed by atoms with Crippen molar-refractivity contribution in [1.82, 2.24) is 0 Å². The monoisotopic (exact) mass is 774 g/mol. The Morgan fingerprint density at radius 1 is 0.525 bits per heavy atom. The van der Waals surface area contributed by atoms with Crippen LogP contribution in [-0.4, -0.2) is 0 Å². The van der Waals surface area contributed by atoms with Crippen molar-refractivity contribution in [2.75, 3.05) is 4.90 Å². The van der Waals surface area contributed by atoms with E-state index in [4.69, 9.17) is 4.42 Å². The normalized spacial score (nSPS) is 12.0. The van der Waals surface area contributed by atoms with E-state index in [9.17, 15) is 5.26 Å². The van der Waals surface area contributed by atoms with Crippen molar-refractivity contribution in [3.63, 3.8) is 0 Å². The summed E-state index contributed by atoms with van der Waals surface area (Å²) in [6.07, 6.45) is 0. The summed E-state index contributed by atoms with van der Waals surface area (Å²) in [6, 6.07) is 65.7. The Kier molecular flexibility index (Phi) is 7.98. The van der Waals surface area contributed by atoms with Gasteiger partial charge in [-0.05, 0) is 128 Å². The lowest BCUT2D eigenvalue weighted by molar-refractivity contribution is 0.590. The van der Waals surface area contributed by atoms with E-state index in [-0.39, 0.29) is 5.41 Å².